The van der Waals surface area contributed by atoms with Gasteiger partial charge in [-0.3, -0.25) is 0 Å². The first kappa shape index (κ1) is 9.47. The zero-order chi connectivity index (χ0) is 9.97. The van der Waals surface area contributed by atoms with Gasteiger partial charge >= 0.3 is 0 Å². The van der Waals surface area contributed by atoms with Crippen molar-refractivity contribution < 1.29 is 0 Å². The van der Waals surface area contributed by atoms with Gasteiger partial charge < -0.3 is 0 Å². The van der Waals surface area contributed by atoms with Crippen molar-refractivity contribution in [1.29, 1.82) is 5.26 Å². The summed E-state index contributed by atoms with van der Waals surface area (Å²) in [5.74, 6) is 0. The number of hydrogen-bond acceptors (Lipinski definition) is 1. The summed E-state index contributed by atoms with van der Waals surface area (Å²) >= 11 is 2.32. The van der Waals surface area contributed by atoms with Crippen LogP contribution >= 0.6 is 22.6 Å². The van der Waals surface area contributed by atoms with Crippen molar-refractivity contribution in [3.8, 4) is 6.07 Å². The van der Waals surface area contributed by atoms with Crippen LogP contribution in [0.15, 0.2) is 36.4 Å². The molecule has 0 aromatic heterocycles. The molecule has 0 aliphatic rings. The van der Waals surface area contributed by atoms with Gasteiger partial charge in [0.05, 0.1) is 12.5 Å². The average Bonchev–Trinajstić information content (AvgIpc) is 2.20. The summed E-state index contributed by atoms with van der Waals surface area (Å²) < 4.78 is 1.24. The Kier molecular flexibility index (Phi) is 2.69. The van der Waals surface area contributed by atoms with Gasteiger partial charge in [0.2, 0.25) is 0 Å². The summed E-state index contributed by atoms with van der Waals surface area (Å²) in [6, 6.07) is 14.6. The van der Waals surface area contributed by atoms with Crippen LogP contribution in [0.3, 0.4) is 0 Å². The molecule has 0 saturated heterocycles. The van der Waals surface area contributed by atoms with E-state index in [1.165, 1.54) is 14.3 Å². The normalized spacial score (nSPS) is 10.0. The maximum absolute atomic E-state index is 8.61. The summed E-state index contributed by atoms with van der Waals surface area (Å²) in [6.45, 7) is 0. The molecule has 0 spiro atoms. The molecule has 0 heterocycles. The Morgan fingerprint density at radius 1 is 1.21 bits per heavy atom. The van der Waals surface area contributed by atoms with Crippen molar-refractivity contribution in [2.45, 2.75) is 6.42 Å². The van der Waals surface area contributed by atoms with Gasteiger partial charge in [0.25, 0.3) is 0 Å². The Bertz CT molecular complexity index is 511. The van der Waals surface area contributed by atoms with Crippen molar-refractivity contribution in [1.82, 2.24) is 0 Å². The average molecular weight is 293 g/mol. The van der Waals surface area contributed by atoms with Crippen LogP contribution in [0.25, 0.3) is 10.8 Å². The summed E-state index contributed by atoms with van der Waals surface area (Å²) in [4.78, 5) is 0. The number of nitriles is 1. The smallest absolute Gasteiger partial charge is 0.0669 e. The molecule has 14 heavy (non-hydrogen) atoms. The van der Waals surface area contributed by atoms with E-state index in [-0.39, 0.29) is 0 Å². The highest BCUT2D eigenvalue weighted by Gasteiger charge is 1.99. The Labute approximate surface area is 96.5 Å². The van der Waals surface area contributed by atoms with Crippen LogP contribution in [-0.4, -0.2) is 0 Å². The lowest BCUT2D eigenvalue weighted by molar-refractivity contribution is 1.27. The minimum absolute atomic E-state index is 0.487. The van der Waals surface area contributed by atoms with Crippen molar-refractivity contribution in [3.05, 3.63) is 45.5 Å². The summed E-state index contributed by atoms with van der Waals surface area (Å²) in [7, 11) is 0. The second-order valence-corrected chi connectivity index (χ2v) is 4.29. The third kappa shape index (κ3) is 1.73. The molecule has 0 saturated carbocycles. The van der Waals surface area contributed by atoms with E-state index < -0.39 is 0 Å². The van der Waals surface area contributed by atoms with Gasteiger partial charge in [-0.2, -0.15) is 5.26 Å². The molecule has 0 fully saturated rings. The molecule has 0 unspecified atom stereocenters. The fourth-order valence-corrected chi connectivity index (χ4v) is 2.16. The van der Waals surface area contributed by atoms with Crippen LogP contribution in [0.1, 0.15) is 5.56 Å². The lowest BCUT2D eigenvalue weighted by Crippen LogP contribution is -1.83. The van der Waals surface area contributed by atoms with E-state index in [1.54, 1.807) is 0 Å². The predicted octanol–water partition coefficient (Wildman–Crippen LogP) is 3.51. The molecule has 68 valence electrons. The zero-order valence-electron chi connectivity index (χ0n) is 7.50. The highest BCUT2D eigenvalue weighted by atomic mass is 127. The van der Waals surface area contributed by atoms with E-state index in [0.29, 0.717) is 6.42 Å². The lowest BCUT2D eigenvalue weighted by Gasteiger charge is -2.02. The lowest BCUT2D eigenvalue weighted by atomic mass is 10.1. The van der Waals surface area contributed by atoms with E-state index >= 15 is 0 Å². The van der Waals surface area contributed by atoms with Gasteiger partial charge in [-0.25, -0.2) is 0 Å². The first-order valence-electron chi connectivity index (χ1n) is 4.35. The minimum Gasteiger partial charge on any atom is -0.198 e. The van der Waals surface area contributed by atoms with Gasteiger partial charge in [0, 0.05) is 3.57 Å². The van der Waals surface area contributed by atoms with E-state index in [4.69, 9.17) is 5.26 Å². The third-order valence-electron chi connectivity index (χ3n) is 2.18. The summed E-state index contributed by atoms with van der Waals surface area (Å²) in [5.41, 5.74) is 1.09. The number of hydrogen-bond donors (Lipinski definition) is 0. The number of benzene rings is 2. The Balaban J connectivity index is 2.65. The first-order valence-corrected chi connectivity index (χ1v) is 5.43. The van der Waals surface area contributed by atoms with Crippen LogP contribution in [-0.2, 0) is 6.42 Å². The summed E-state index contributed by atoms with van der Waals surface area (Å²) in [6.07, 6.45) is 0.487. The Morgan fingerprint density at radius 3 is 2.86 bits per heavy atom. The van der Waals surface area contributed by atoms with Gasteiger partial charge in [-0.1, -0.05) is 24.3 Å². The van der Waals surface area contributed by atoms with Crippen molar-refractivity contribution in [2.24, 2.45) is 0 Å². The molecule has 2 heteroatoms. The number of halogens is 1. The van der Waals surface area contributed by atoms with Gasteiger partial charge in [0.15, 0.2) is 0 Å². The molecular weight excluding hydrogens is 285 g/mol. The maximum atomic E-state index is 8.61. The fraction of sp³-hybridized carbons (Fsp3) is 0.0833. The topological polar surface area (TPSA) is 23.8 Å². The molecule has 0 aliphatic heterocycles. The summed E-state index contributed by atoms with van der Waals surface area (Å²) in [5, 5.41) is 11.1. The van der Waals surface area contributed by atoms with Gasteiger partial charge in [0.1, 0.15) is 0 Å². The Morgan fingerprint density at radius 2 is 2.07 bits per heavy atom. The molecule has 0 radical (unpaired) electrons. The van der Waals surface area contributed by atoms with E-state index in [2.05, 4.69) is 52.9 Å². The molecule has 0 atom stereocenters. The van der Waals surface area contributed by atoms with Crippen molar-refractivity contribution in [2.75, 3.05) is 0 Å². The van der Waals surface area contributed by atoms with E-state index in [9.17, 15) is 0 Å². The minimum atomic E-state index is 0.487. The third-order valence-corrected chi connectivity index (χ3v) is 3.12. The molecule has 0 bridgehead atoms. The zero-order valence-corrected chi connectivity index (χ0v) is 9.65. The van der Waals surface area contributed by atoms with Gasteiger partial charge in [-0.15, -0.1) is 0 Å². The second kappa shape index (κ2) is 3.97. The number of nitrogens with zero attached hydrogens (tertiary/aromatic N) is 1. The SMILES string of the molecule is N#CCc1ccc2cccc(I)c2c1. The predicted molar refractivity (Wildman–Crippen MR) is 66.0 cm³/mol. The second-order valence-electron chi connectivity index (χ2n) is 3.13. The molecule has 0 amide bonds. The number of rotatable bonds is 1. The molecular formula is C12H8IN. The van der Waals surface area contributed by atoms with Crippen molar-refractivity contribution in [3.63, 3.8) is 0 Å². The molecule has 2 rings (SSSR count). The Hall–Kier alpha value is -1.08. The van der Waals surface area contributed by atoms with Gasteiger partial charge in [-0.05, 0) is 51.1 Å². The highest BCUT2D eigenvalue weighted by Crippen LogP contribution is 2.21. The highest BCUT2D eigenvalue weighted by molar-refractivity contribution is 14.1. The monoisotopic (exact) mass is 293 g/mol. The van der Waals surface area contributed by atoms with Crippen LogP contribution in [0.2, 0.25) is 0 Å². The van der Waals surface area contributed by atoms with E-state index in [1.807, 2.05) is 12.1 Å². The van der Waals surface area contributed by atoms with Crippen molar-refractivity contribution >= 4 is 33.4 Å². The number of fused-ring (bicyclic) bond motifs is 1. The molecule has 0 aliphatic carbocycles. The van der Waals surface area contributed by atoms with Crippen LogP contribution in [0.5, 0.6) is 0 Å². The molecule has 1 nitrogen and oxygen atoms in total. The van der Waals surface area contributed by atoms with E-state index in [0.717, 1.165) is 5.56 Å². The fourth-order valence-electron chi connectivity index (χ4n) is 1.48. The van der Waals surface area contributed by atoms with Crippen LogP contribution < -0.4 is 0 Å². The quantitative estimate of drug-likeness (QED) is 0.738. The standard InChI is InChI=1S/C12H8IN/c13-12-3-1-2-10-5-4-9(6-7-14)8-11(10)12/h1-5,8H,6H2. The maximum Gasteiger partial charge on any atom is 0.0669 e. The van der Waals surface area contributed by atoms with Crippen LogP contribution in [0.4, 0.5) is 0 Å². The van der Waals surface area contributed by atoms with Crippen LogP contribution in [0, 0.1) is 14.9 Å². The molecule has 2 aromatic carbocycles. The molecule has 0 N–H and O–H groups in total. The largest absolute Gasteiger partial charge is 0.198 e. The first-order chi connectivity index (χ1) is 6.81. The molecule has 2 aromatic rings.